The van der Waals surface area contributed by atoms with Crippen molar-refractivity contribution in [1.82, 2.24) is 29.9 Å². The first kappa shape index (κ1) is 23.0. The molecule has 0 saturated carbocycles. The lowest BCUT2D eigenvalue weighted by Crippen LogP contribution is -2.32. The molecule has 9 nitrogen and oxygen atoms in total. The van der Waals surface area contributed by atoms with Gasteiger partial charge in [0.1, 0.15) is 11.6 Å². The van der Waals surface area contributed by atoms with Gasteiger partial charge in [0.2, 0.25) is 0 Å². The highest BCUT2D eigenvalue weighted by Crippen LogP contribution is 2.30. The third-order valence-corrected chi connectivity index (χ3v) is 6.10. The average molecular weight is 496 g/mol. The van der Waals surface area contributed by atoms with Gasteiger partial charge in [0.25, 0.3) is 5.91 Å². The number of nitrogens with one attached hydrogen (secondary N) is 1. The number of carbonyl (C=O) groups excluding carboxylic acids is 1. The van der Waals surface area contributed by atoms with Crippen molar-refractivity contribution in [3.05, 3.63) is 64.5 Å². The normalized spacial score (nSPS) is 16.2. The first-order valence-corrected chi connectivity index (χ1v) is 11.4. The summed E-state index contributed by atoms with van der Waals surface area (Å²) in [6.07, 6.45) is 7.15. The molecule has 1 amide bonds. The van der Waals surface area contributed by atoms with Crippen molar-refractivity contribution >= 4 is 52.1 Å². The second-order valence-corrected chi connectivity index (χ2v) is 8.63. The number of pyridine rings is 1. The summed E-state index contributed by atoms with van der Waals surface area (Å²) in [4.78, 5) is 21.1. The molecule has 4 aromatic rings. The van der Waals surface area contributed by atoms with Crippen LogP contribution in [0.25, 0.3) is 23.1 Å². The Bertz CT molecular complexity index is 1430. The molecule has 4 heterocycles. The number of nitrogens with zero attached hydrogens (tertiary/aromatic N) is 6. The number of ether oxygens (including phenoxy) is 1. The van der Waals surface area contributed by atoms with E-state index in [2.05, 4.69) is 20.3 Å². The fraction of sp³-hybridized carbons (Fsp3) is 0.250. The molecule has 1 aromatic carbocycles. The van der Waals surface area contributed by atoms with E-state index in [1.807, 2.05) is 23.1 Å². The zero-order valence-corrected chi connectivity index (χ0v) is 20.0. The number of halogens is 2. The smallest absolute Gasteiger partial charge is 0.274 e. The zero-order valence-electron chi connectivity index (χ0n) is 19.2. The van der Waals surface area contributed by atoms with Crippen LogP contribution in [0.15, 0.2) is 36.7 Å². The highest BCUT2D eigenvalue weighted by atomic mass is 35.5. The number of anilines is 2. The number of H-pyrrole nitrogens is 1. The molecule has 0 radical (unpaired) electrons. The van der Waals surface area contributed by atoms with Gasteiger partial charge < -0.3 is 14.5 Å². The number of aryl methyl sites for hydroxylation is 1. The number of carbonyl (C=O) groups is 1. The maximum absolute atomic E-state index is 13.8. The van der Waals surface area contributed by atoms with Crippen LogP contribution in [0.1, 0.15) is 21.7 Å². The summed E-state index contributed by atoms with van der Waals surface area (Å²) in [7, 11) is 3.49. The van der Waals surface area contributed by atoms with Crippen LogP contribution in [0.4, 0.5) is 15.9 Å². The standard InChI is InChI=1S/C24H23ClFN7O2/c1-31-7-9-35-10-8-33(16-4-5-19(26)18(25)11-16)22-12-17-20(28-29-21(17)13-27-22)6-3-15-14-32(2)30-23(15)24(31)34/h3-6,11-14H,7-10H2,1-2H3,(H,28,29)/b6-3+. The predicted molar refractivity (Wildman–Crippen MR) is 132 cm³/mol. The molecule has 3 aromatic heterocycles. The molecule has 11 heteroatoms. The summed E-state index contributed by atoms with van der Waals surface area (Å²) in [6, 6.07) is 6.45. The maximum atomic E-state index is 13.8. The average Bonchev–Trinajstić information content (AvgIpc) is 3.43. The topological polar surface area (TPSA) is 92.2 Å². The van der Waals surface area contributed by atoms with E-state index in [1.54, 1.807) is 48.2 Å². The first-order chi connectivity index (χ1) is 16.9. The molecule has 0 aliphatic carbocycles. The summed E-state index contributed by atoms with van der Waals surface area (Å²) >= 11 is 6.07. The minimum atomic E-state index is -0.491. The first-order valence-electron chi connectivity index (χ1n) is 11.0. The van der Waals surface area contributed by atoms with Gasteiger partial charge in [0.05, 0.1) is 35.6 Å². The monoisotopic (exact) mass is 495 g/mol. The lowest BCUT2D eigenvalue weighted by Gasteiger charge is -2.24. The van der Waals surface area contributed by atoms with Crippen molar-refractivity contribution in [2.45, 2.75) is 0 Å². The quantitative estimate of drug-likeness (QED) is 0.430. The second kappa shape index (κ2) is 9.47. The van der Waals surface area contributed by atoms with Crippen LogP contribution in [0.2, 0.25) is 5.02 Å². The van der Waals surface area contributed by atoms with Gasteiger partial charge in [-0.25, -0.2) is 9.37 Å². The second-order valence-electron chi connectivity index (χ2n) is 8.23. The van der Waals surface area contributed by atoms with Gasteiger partial charge in [-0.2, -0.15) is 10.2 Å². The van der Waals surface area contributed by atoms with Gasteiger partial charge >= 0.3 is 0 Å². The fourth-order valence-corrected chi connectivity index (χ4v) is 4.11. The lowest BCUT2D eigenvalue weighted by molar-refractivity contribution is 0.0698. The minimum Gasteiger partial charge on any atom is -0.378 e. The Balaban J connectivity index is 1.60. The van der Waals surface area contributed by atoms with E-state index < -0.39 is 5.82 Å². The molecule has 2 bridgehead atoms. The molecule has 1 N–H and O–H groups in total. The van der Waals surface area contributed by atoms with E-state index in [-0.39, 0.29) is 10.9 Å². The summed E-state index contributed by atoms with van der Waals surface area (Å²) in [5, 5.41) is 12.6. The number of rotatable bonds is 1. The van der Waals surface area contributed by atoms with Crippen molar-refractivity contribution in [1.29, 1.82) is 0 Å². The van der Waals surface area contributed by atoms with E-state index >= 15 is 0 Å². The molecule has 35 heavy (non-hydrogen) atoms. The van der Waals surface area contributed by atoms with Crippen molar-refractivity contribution in [3.8, 4) is 0 Å². The maximum Gasteiger partial charge on any atom is 0.274 e. The number of likely N-dealkylation sites (N-methyl/N-ethyl adjacent to an activating group) is 1. The molecule has 1 aliphatic heterocycles. The molecule has 0 fully saturated rings. The van der Waals surface area contributed by atoms with Crippen molar-refractivity contribution in [2.24, 2.45) is 7.05 Å². The molecule has 180 valence electrons. The molecule has 1 aliphatic rings. The van der Waals surface area contributed by atoms with Gasteiger partial charge in [-0.3, -0.25) is 14.6 Å². The Morgan fingerprint density at radius 3 is 2.80 bits per heavy atom. The number of hydrogen-bond acceptors (Lipinski definition) is 6. The van der Waals surface area contributed by atoms with Gasteiger partial charge in [-0.1, -0.05) is 11.6 Å². The van der Waals surface area contributed by atoms with Crippen molar-refractivity contribution in [2.75, 3.05) is 38.3 Å². The Hall–Kier alpha value is -3.76. The summed E-state index contributed by atoms with van der Waals surface area (Å²) in [6.45, 7) is 1.53. The molecule has 0 saturated heterocycles. The van der Waals surface area contributed by atoms with Gasteiger partial charge in [0, 0.05) is 50.0 Å². The summed E-state index contributed by atoms with van der Waals surface area (Å²) < 4.78 is 21.3. The Morgan fingerprint density at radius 1 is 1.14 bits per heavy atom. The number of hydrogen-bond donors (Lipinski definition) is 1. The number of fused-ring (bicyclic) bond motifs is 2. The molecule has 0 atom stereocenters. The lowest BCUT2D eigenvalue weighted by atomic mass is 10.1. The molecule has 0 unspecified atom stereocenters. The molecule has 5 rings (SSSR count). The van der Waals surface area contributed by atoms with E-state index in [1.165, 1.54) is 6.07 Å². The summed E-state index contributed by atoms with van der Waals surface area (Å²) in [5.41, 5.74) is 3.16. The zero-order chi connectivity index (χ0) is 24.5. The third-order valence-electron chi connectivity index (χ3n) is 5.81. The highest BCUT2D eigenvalue weighted by Gasteiger charge is 2.20. The number of benzene rings is 1. The van der Waals surface area contributed by atoms with E-state index in [4.69, 9.17) is 16.3 Å². The SMILES string of the molecule is CN1CCOCCN(c2ccc(F)c(Cl)c2)c2cc3c(n[nH]c3cn2)/C=C/c2cn(C)nc2C1=O. The Labute approximate surface area is 205 Å². The van der Waals surface area contributed by atoms with Crippen LogP contribution in [0.5, 0.6) is 0 Å². The van der Waals surface area contributed by atoms with Crippen LogP contribution < -0.4 is 4.90 Å². The van der Waals surface area contributed by atoms with E-state index in [0.29, 0.717) is 54.8 Å². The van der Waals surface area contributed by atoms with Crippen LogP contribution in [-0.4, -0.2) is 69.1 Å². The Kier molecular flexibility index (Phi) is 6.23. The van der Waals surface area contributed by atoms with Crippen LogP contribution in [0.3, 0.4) is 0 Å². The molecular formula is C24H23ClFN7O2. The fourth-order valence-electron chi connectivity index (χ4n) is 3.93. The van der Waals surface area contributed by atoms with Gasteiger partial charge in [-0.15, -0.1) is 0 Å². The van der Waals surface area contributed by atoms with Crippen molar-refractivity contribution < 1.29 is 13.9 Å². The summed E-state index contributed by atoms with van der Waals surface area (Å²) in [5.74, 6) is -0.0441. The third kappa shape index (κ3) is 4.62. The van der Waals surface area contributed by atoms with Crippen LogP contribution in [-0.2, 0) is 11.8 Å². The predicted octanol–water partition coefficient (Wildman–Crippen LogP) is 3.89. The van der Waals surface area contributed by atoms with Crippen LogP contribution >= 0.6 is 11.6 Å². The van der Waals surface area contributed by atoms with Gasteiger partial charge in [0.15, 0.2) is 5.69 Å². The molecular weight excluding hydrogens is 473 g/mol. The highest BCUT2D eigenvalue weighted by molar-refractivity contribution is 6.31. The van der Waals surface area contributed by atoms with E-state index in [9.17, 15) is 9.18 Å². The van der Waals surface area contributed by atoms with Crippen molar-refractivity contribution in [3.63, 3.8) is 0 Å². The Morgan fingerprint density at radius 2 is 1.97 bits per heavy atom. The van der Waals surface area contributed by atoms with Gasteiger partial charge in [-0.05, 0) is 36.4 Å². The minimum absolute atomic E-state index is 0.0241. The number of aromatic nitrogens is 5. The number of aromatic amines is 1. The molecule has 0 spiro atoms. The number of amides is 1. The largest absolute Gasteiger partial charge is 0.378 e. The van der Waals surface area contributed by atoms with E-state index in [0.717, 1.165) is 10.9 Å². The van der Waals surface area contributed by atoms with Crippen LogP contribution in [0, 0.1) is 5.82 Å².